The van der Waals surface area contributed by atoms with E-state index in [-0.39, 0.29) is 6.10 Å². The van der Waals surface area contributed by atoms with Crippen LogP contribution in [0.25, 0.3) is 0 Å². The number of aliphatic hydroxyl groups is 1. The Hall–Kier alpha value is -1.02. The second-order valence-electron chi connectivity index (χ2n) is 3.38. The highest BCUT2D eigenvalue weighted by Gasteiger charge is 2.08. The van der Waals surface area contributed by atoms with Crippen LogP contribution >= 0.6 is 0 Å². The topological polar surface area (TPSA) is 29.5 Å². The molecule has 0 radical (unpaired) electrons. The molecule has 0 bridgehead atoms. The summed E-state index contributed by atoms with van der Waals surface area (Å²) in [6.07, 6.45) is 0.389. The van der Waals surface area contributed by atoms with Gasteiger partial charge in [-0.1, -0.05) is 13.0 Å². The maximum absolute atomic E-state index is 9.69. The van der Waals surface area contributed by atoms with Crippen molar-refractivity contribution in [3.8, 4) is 5.75 Å². The molecule has 1 N–H and O–H groups in total. The molecule has 0 aliphatic rings. The van der Waals surface area contributed by atoms with E-state index in [1.807, 2.05) is 39.0 Å². The Morgan fingerprint density at radius 1 is 1.36 bits per heavy atom. The fraction of sp³-hybridized carbons (Fsp3) is 0.500. The van der Waals surface area contributed by atoms with Crippen molar-refractivity contribution in [2.75, 3.05) is 6.61 Å². The molecule has 1 aromatic rings. The second kappa shape index (κ2) is 5.01. The molecule has 0 aromatic heterocycles. The number of hydrogen-bond acceptors (Lipinski definition) is 2. The van der Waals surface area contributed by atoms with E-state index in [1.54, 1.807) is 0 Å². The number of benzene rings is 1. The Balaban J connectivity index is 2.89. The third kappa shape index (κ3) is 2.48. The van der Waals surface area contributed by atoms with Gasteiger partial charge in [0, 0.05) is 0 Å². The van der Waals surface area contributed by atoms with Crippen LogP contribution < -0.4 is 4.74 Å². The second-order valence-corrected chi connectivity index (χ2v) is 3.38. The molecule has 1 atom stereocenters. The van der Waals surface area contributed by atoms with Gasteiger partial charge in [-0.25, -0.2) is 0 Å². The van der Waals surface area contributed by atoms with Crippen LogP contribution in [0.5, 0.6) is 5.75 Å². The molecule has 14 heavy (non-hydrogen) atoms. The van der Waals surface area contributed by atoms with Crippen LogP contribution in [0.2, 0.25) is 0 Å². The van der Waals surface area contributed by atoms with Gasteiger partial charge in [-0.2, -0.15) is 0 Å². The fourth-order valence-corrected chi connectivity index (χ4v) is 1.50. The van der Waals surface area contributed by atoms with E-state index in [4.69, 9.17) is 4.74 Å². The molecule has 2 nitrogen and oxygen atoms in total. The van der Waals surface area contributed by atoms with Crippen molar-refractivity contribution >= 4 is 0 Å². The summed E-state index contributed by atoms with van der Waals surface area (Å²) in [5.74, 6) is 0.872. The zero-order chi connectivity index (χ0) is 10.6. The Bertz CT molecular complexity index is 294. The van der Waals surface area contributed by atoms with E-state index in [0.29, 0.717) is 6.61 Å². The molecule has 78 valence electrons. The van der Waals surface area contributed by atoms with Crippen molar-refractivity contribution in [3.63, 3.8) is 0 Å². The summed E-state index contributed by atoms with van der Waals surface area (Å²) in [4.78, 5) is 0. The van der Waals surface area contributed by atoms with Gasteiger partial charge in [0.25, 0.3) is 0 Å². The lowest BCUT2D eigenvalue weighted by Crippen LogP contribution is -1.99. The Labute approximate surface area is 85.5 Å². The molecule has 1 aromatic carbocycles. The van der Waals surface area contributed by atoms with Crippen molar-refractivity contribution in [1.29, 1.82) is 0 Å². The number of ether oxygens (including phenoxy) is 1. The minimum absolute atomic E-state index is 0.356. The summed E-state index contributed by atoms with van der Waals surface area (Å²) in [5, 5.41) is 9.69. The fourth-order valence-electron chi connectivity index (χ4n) is 1.50. The molecule has 0 fully saturated rings. The van der Waals surface area contributed by atoms with Crippen LogP contribution in [0.3, 0.4) is 0 Å². The molecule has 0 heterocycles. The SMILES string of the molecule is CCOc1ccc(C(O)CC)c(C)c1. The lowest BCUT2D eigenvalue weighted by molar-refractivity contribution is 0.173. The molecule has 0 amide bonds. The summed E-state index contributed by atoms with van der Waals surface area (Å²) in [6, 6.07) is 5.82. The van der Waals surface area contributed by atoms with Crippen molar-refractivity contribution in [2.45, 2.75) is 33.3 Å². The zero-order valence-electron chi connectivity index (χ0n) is 9.08. The molecule has 1 unspecified atom stereocenters. The zero-order valence-corrected chi connectivity index (χ0v) is 9.08. The molecule has 2 heteroatoms. The standard InChI is InChI=1S/C12H18O2/c1-4-12(13)11-7-6-10(14-5-2)8-9(11)3/h6-8,12-13H,4-5H2,1-3H3. The van der Waals surface area contributed by atoms with Crippen LogP contribution in [0.1, 0.15) is 37.5 Å². The van der Waals surface area contributed by atoms with Gasteiger partial charge >= 0.3 is 0 Å². The largest absolute Gasteiger partial charge is 0.494 e. The maximum atomic E-state index is 9.69. The summed E-state index contributed by atoms with van der Waals surface area (Å²) in [6.45, 7) is 6.61. The first kappa shape index (κ1) is 11.1. The minimum Gasteiger partial charge on any atom is -0.494 e. The summed E-state index contributed by atoms with van der Waals surface area (Å²) < 4.78 is 5.37. The highest BCUT2D eigenvalue weighted by atomic mass is 16.5. The van der Waals surface area contributed by atoms with E-state index in [2.05, 4.69) is 0 Å². The van der Waals surface area contributed by atoms with E-state index in [0.717, 1.165) is 23.3 Å². The van der Waals surface area contributed by atoms with Crippen molar-refractivity contribution in [1.82, 2.24) is 0 Å². The highest BCUT2D eigenvalue weighted by Crippen LogP contribution is 2.24. The lowest BCUT2D eigenvalue weighted by atomic mass is 10.0. The van der Waals surface area contributed by atoms with E-state index >= 15 is 0 Å². The third-order valence-corrected chi connectivity index (χ3v) is 2.30. The Kier molecular flexibility index (Phi) is 3.96. The molecule has 0 saturated carbocycles. The summed E-state index contributed by atoms with van der Waals surface area (Å²) in [7, 11) is 0. The molecular formula is C12H18O2. The molecule has 0 saturated heterocycles. The van der Waals surface area contributed by atoms with Gasteiger partial charge in [-0.05, 0) is 43.5 Å². The van der Waals surface area contributed by atoms with Crippen molar-refractivity contribution < 1.29 is 9.84 Å². The van der Waals surface area contributed by atoms with E-state index in [1.165, 1.54) is 0 Å². The maximum Gasteiger partial charge on any atom is 0.119 e. The van der Waals surface area contributed by atoms with Gasteiger partial charge in [0.05, 0.1) is 12.7 Å². The normalized spacial score (nSPS) is 12.6. The number of aliphatic hydroxyl groups excluding tert-OH is 1. The van der Waals surface area contributed by atoms with Gasteiger partial charge < -0.3 is 9.84 Å². The smallest absolute Gasteiger partial charge is 0.119 e. The first-order valence-electron chi connectivity index (χ1n) is 5.10. The van der Waals surface area contributed by atoms with Crippen LogP contribution in [-0.4, -0.2) is 11.7 Å². The predicted molar refractivity (Wildman–Crippen MR) is 57.6 cm³/mol. The number of hydrogen-bond donors (Lipinski definition) is 1. The van der Waals surface area contributed by atoms with Crippen LogP contribution in [-0.2, 0) is 0 Å². The number of rotatable bonds is 4. The first-order valence-corrected chi connectivity index (χ1v) is 5.10. The molecule has 1 rings (SSSR count). The van der Waals surface area contributed by atoms with Gasteiger partial charge in [0.1, 0.15) is 5.75 Å². The van der Waals surface area contributed by atoms with Gasteiger partial charge in [-0.3, -0.25) is 0 Å². The monoisotopic (exact) mass is 194 g/mol. The molecular weight excluding hydrogens is 176 g/mol. The Morgan fingerprint density at radius 2 is 2.07 bits per heavy atom. The predicted octanol–water partition coefficient (Wildman–Crippen LogP) is 2.84. The molecule has 0 aliphatic heterocycles. The van der Waals surface area contributed by atoms with Gasteiger partial charge in [0.2, 0.25) is 0 Å². The quantitative estimate of drug-likeness (QED) is 0.798. The Morgan fingerprint density at radius 3 is 2.57 bits per heavy atom. The lowest BCUT2D eigenvalue weighted by Gasteiger charge is -2.13. The van der Waals surface area contributed by atoms with E-state index in [9.17, 15) is 5.11 Å². The summed E-state index contributed by atoms with van der Waals surface area (Å²) >= 11 is 0. The number of aryl methyl sites for hydroxylation is 1. The van der Waals surface area contributed by atoms with Gasteiger partial charge in [-0.15, -0.1) is 0 Å². The van der Waals surface area contributed by atoms with Crippen molar-refractivity contribution in [2.24, 2.45) is 0 Å². The first-order chi connectivity index (χ1) is 6.69. The summed E-state index contributed by atoms with van der Waals surface area (Å²) in [5.41, 5.74) is 2.08. The average Bonchev–Trinajstić information content (AvgIpc) is 2.17. The van der Waals surface area contributed by atoms with Crippen LogP contribution in [0, 0.1) is 6.92 Å². The average molecular weight is 194 g/mol. The third-order valence-electron chi connectivity index (χ3n) is 2.30. The minimum atomic E-state index is -0.356. The van der Waals surface area contributed by atoms with Crippen molar-refractivity contribution in [3.05, 3.63) is 29.3 Å². The van der Waals surface area contributed by atoms with Crippen LogP contribution in [0.15, 0.2) is 18.2 Å². The van der Waals surface area contributed by atoms with E-state index < -0.39 is 0 Å². The highest BCUT2D eigenvalue weighted by molar-refractivity contribution is 5.35. The molecule has 0 aliphatic carbocycles. The van der Waals surface area contributed by atoms with Crippen LogP contribution in [0.4, 0.5) is 0 Å². The molecule has 0 spiro atoms. The van der Waals surface area contributed by atoms with Gasteiger partial charge in [0.15, 0.2) is 0 Å².